The van der Waals surface area contributed by atoms with Crippen molar-refractivity contribution in [2.75, 3.05) is 0 Å². The predicted octanol–water partition coefficient (Wildman–Crippen LogP) is 4.02. The molecule has 96 valence electrons. The molecule has 2 nitrogen and oxygen atoms in total. The van der Waals surface area contributed by atoms with Gasteiger partial charge in [0.15, 0.2) is 5.76 Å². The number of hydrogen-bond acceptors (Lipinski definition) is 2. The number of carbonyl (C=O) groups excluding carboxylic acids is 1. The van der Waals surface area contributed by atoms with Crippen molar-refractivity contribution in [1.29, 1.82) is 0 Å². The normalized spacial score (nSPS) is 20.2. The number of rotatable bonds is 2. The van der Waals surface area contributed by atoms with E-state index < -0.39 is 0 Å². The van der Waals surface area contributed by atoms with E-state index in [4.69, 9.17) is 0 Å². The number of hydrogen-bond donors (Lipinski definition) is 1. The Hall–Kier alpha value is -1.57. The van der Waals surface area contributed by atoms with Crippen LogP contribution in [0.15, 0.2) is 46.3 Å². The van der Waals surface area contributed by atoms with E-state index in [1.54, 1.807) is 13.0 Å². The topological polar surface area (TPSA) is 37.3 Å². The predicted molar refractivity (Wildman–Crippen MR) is 73.3 cm³/mol. The van der Waals surface area contributed by atoms with Gasteiger partial charge in [0.05, 0.1) is 0 Å². The van der Waals surface area contributed by atoms with Gasteiger partial charge in [0, 0.05) is 5.57 Å². The van der Waals surface area contributed by atoms with Gasteiger partial charge in [0.25, 0.3) is 0 Å². The maximum Gasteiger partial charge on any atom is 0.220 e. The van der Waals surface area contributed by atoms with Crippen LogP contribution in [-0.2, 0) is 4.79 Å². The van der Waals surface area contributed by atoms with Gasteiger partial charge in [-0.25, -0.2) is 0 Å². The highest BCUT2D eigenvalue weighted by Gasteiger charge is 2.28. The molecule has 0 unspecified atom stereocenters. The molecular formula is C16H20O2. The van der Waals surface area contributed by atoms with Crippen molar-refractivity contribution >= 4 is 5.78 Å². The second-order valence-electron chi connectivity index (χ2n) is 5.69. The minimum absolute atomic E-state index is 0.114. The van der Waals surface area contributed by atoms with Crippen LogP contribution in [0.5, 0.6) is 0 Å². The average molecular weight is 244 g/mol. The standard InChI is InChI=1S/C16H20O2/c1-5-16(3,4)12-6-7-13-10(2)15(18)14(17)9-11(13)8-12/h6-7,9,18H,5,8H2,1-4H3. The quantitative estimate of drug-likeness (QED) is 0.796. The summed E-state index contributed by atoms with van der Waals surface area (Å²) in [6, 6.07) is 0. The average Bonchev–Trinajstić information content (AvgIpc) is 2.35. The lowest BCUT2D eigenvalue weighted by Crippen LogP contribution is -2.19. The molecule has 2 heteroatoms. The fourth-order valence-electron chi connectivity index (χ4n) is 2.38. The summed E-state index contributed by atoms with van der Waals surface area (Å²) in [7, 11) is 0. The van der Waals surface area contributed by atoms with Gasteiger partial charge in [-0.15, -0.1) is 0 Å². The van der Waals surface area contributed by atoms with Crippen molar-refractivity contribution in [3.05, 3.63) is 46.3 Å². The molecular weight excluding hydrogens is 224 g/mol. The molecule has 0 amide bonds. The van der Waals surface area contributed by atoms with Crippen LogP contribution in [0.25, 0.3) is 0 Å². The molecule has 2 aliphatic rings. The summed E-state index contributed by atoms with van der Waals surface area (Å²) < 4.78 is 0. The molecule has 0 heterocycles. The zero-order chi connectivity index (χ0) is 13.5. The lowest BCUT2D eigenvalue weighted by Gasteiger charge is -2.31. The van der Waals surface area contributed by atoms with E-state index >= 15 is 0 Å². The molecule has 0 aromatic heterocycles. The van der Waals surface area contributed by atoms with Gasteiger partial charge in [-0.1, -0.05) is 38.5 Å². The molecule has 18 heavy (non-hydrogen) atoms. The van der Waals surface area contributed by atoms with Gasteiger partial charge in [0.2, 0.25) is 5.78 Å². The first-order chi connectivity index (χ1) is 8.36. The molecule has 0 fully saturated rings. The Morgan fingerprint density at radius 1 is 1.33 bits per heavy atom. The second-order valence-corrected chi connectivity index (χ2v) is 5.69. The van der Waals surface area contributed by atoms with Crippen LogP contribution in [0.4, 0.5) is 0 Å². The summed E-state index contributed by atoms with van der Waals surface area (Å²) in [6.45, 7) is 8.43. The van der Waals surface area contributed by atoms with Crippen molar-refractivity contribution in [2.45, 2.75) is 40.5 Å². The highest BCUT2D eigenvalue weighted by molar-refractivity contribution is 6.06. The van der Waals surface area contributed by atoms with Crippen LogP contribution in [0.2, 0.25) is 0 Å². The van der Waals surface area contributed by atoms with Crippen molar-refractivity contribution in [3.8, 4) is 0 Å². The van der Waals surface area contributed by atoms with Crippen molar-refractivity contribution in [2.24, 2.45) is 5.41 Å². The largest absolute Gasteiger partial charge is 0.504 e. The molecule has 1 N–H and O–H groups in total. The van der Waals surface area contributed by atoms with Crippen LogP contribution in [0.1, 0.15) is 40.5 Å². The Bertz CT molecular complexity index is 525. The summed E-state index contributed by atoms with van der Waals surface area (Å²) in [4.78, 5) is 11.7. The van der Waals surface area contributed by atoms with E-state index in [0.717, 1.165) is 24.0 Å². The number of carbonyl (C=O) groups is 1. The summed E-state index contributed by atoms with van der Waals surface area (Å²) in [6.07, 6.45) is 7.63. The molecule has 2 rings (SSSR count). The highest BCUT2D eigenvalue weighted by Crippen LogP contribution is 2.41. The molecule has 0 spiro atoms. The molecule has 0 saturated heterocycles. The van der Waals surface area contributed by atoms with Crippen LogP contribution in [-0.4, -0.2) is 10.9 Å². The molecule has 0 aromatic carbocycles. The lowest BCUT2D eigenvalue weighted by molar-refractivity contribution is -0.113. The molecule has 0 aliphatic heterocycles. The Labute approximate surface area is 108 Å². The van der Waals surface area contributed by atoms with E-state index in [9.17, 15) is 9.90 Å². The van der Waals surface area contributed by atoms with Crippen LogP contribution in [0, 0.1) is 5.41 Å². The van der Waals surface area contributed by atoms with Gasteiger partial charge >= 0.3 is 0 Å². The molecule has 0 bridgehead atoms. The van der Waals surface area contributed by atoms with Crippen LogP contribution in [0.3, 0.4) is 0 Å². The van der Waals surface area contributed by atoms with E-state index in [1.165, 1.54) is 5.57 Å². The third kappa shape index (κ3) is 1.96. The second kappa shape index (κ2) is 4.27. The van der Waals surface area contributed by atoms with Gasteiger partial charge < -0.3 is 5.11 Å². The minimum Gasteiger partial charge on any atom is -0.504 e. The first-order valence-corrected chi connectivity index (χ1v) is 6.43. The molecule has 2 aliphatic carbocycles. The maximum atomic E-state index is 11.7. The molecule has 0 saturated carbocycles. The van der Waals surface area contributed by atoms with Crippen LogP contribution >= 0.6 is 0 Å². The smallest absolute Gasteiger partial charge is 0.220 e. The molecule has 0 radical (unpaired) electrons. The van der Waals surface area contributed by atoms with Crippen LogP contribution < -0.4 is 0 Å². The van der Waals surface area contributed by atoms with Gasteiger partial charge in [-0.05, 0) is 42.4 Å². The molecule has 0 atom stereocenters. The van der Waals surface area contributed by atoms with Crippen molar-refractivity contribution in [1.82, 2.24) is 0 Å². The number of aliphatic hydroxyl groups is 1. The Morgan fingerprint density at radius 2 is 2.00 bits per heavy atom. The number of allylic oxidation sites excluding steroid dienone is 7. The van der Waals surface area contributed by atoms with Gasteiger partial charge in [-0.3, -0.25) is 4.79 Å². The summed E-state index contributed by atoms with van der Waals surface area (Å²) in [5.41, 5.74) is 4.24. The maximum absolute atomic E-state index is 11.7. The summed E-state index contributed by atoms with van der Waals surface area (Å²) in [5, 5.41) is 9.68. The SMILES string of the molecule is CCC(C)(C)C1=CC=C2C(=CC(=O)C(O)=C2C)C1. The monoisotopic (exact) mass is 244 g/mol. The van der Waals surface area contributed by atoms with E-state index in [1.807, 2.05) is 6.08 Å². The fraction of sp³-hybridized carbons (Fsp3) is 0.438. The molecule has 0 aromatic rings. The van der Waals surface area contributed by atoms with Crippen molar-refractivity contribution in [3.63, 3.8) is 0 Å². The fourth-order valence-corrected chi connectivity index (χ4v) is 2.38. The Kier molecular flexibility index (Phi) is 3.05. The first kappa shape index (κ1) is 12.9. The van der Waals surface area contributed by atoms with E-state index in [-0.39, 0.29) is 17.0 Å². The minimum atomic E-state index is -0.268. The van der Waals surface area contributed by atoms with E-state index in [0.29, 0.717) is 5.57 Å². The highest BCUT2D eigenvalue weighted by atomic mass is 16.3. The van der Waals surface area contributed by atoms with E-state index in [2.05, 4.69) is 26.8 Å². The van der Waals surface area contributed by atoms with Gasteiger partial charge in [-0.2, -0.15) is 0 Å². The first-order valence-electron chi connectivity index (χ1n) is 6.43. The third-order valence-electron chi connectivity index (χ3n) is 4.23. The number of ketones is 1. The Morgan fingerprint density at radius 3 is 2.61 bits per heavy atom. The van der Waals surface area contributed by atoms with Gasteiger partial charge in [0.1, 0.15) is 0 Å². The zero-order valence-electron chi connectivity index (χ0n) is 11.5. The third-order valence-corrected chi connectivity index (χ3v) is 4.23. The Balaban J connectivity index is 2.45. The summed E-state index contributed by atoms with van der Waals surface area (Å²) in [5.74, 6) is -0.383. The number of fused-ring (bicyclic) bond motifs is 1. The number of aliphatic hydroxyl groups excluding tert-OH is 1. The van der Waals surface area contributed by atoms with Crippen molar-refractivity contribution < 1.29 is 9.90 Å². The zero-order valence-corrected chi connectivity index (χ0v) is 11.5. The summed E-state index contributed by atoms with van der Waals surface area (Å²) >= 11 is 0. The lowest BCUT2D eigenvalue weighted by atomic mass is 9.73.